The number of hydrogen-bond donors (Lipinski definition) is 0. The first-order valence-corrected chi connectivity index (χ1v) is 13.3. The average Bonchev–Trinajstić information content (AvgIpc) is 3.58. The first-order valence-electron chi connectivity index (χ1n) is 12.6. The van der Waals surface area contributed by atoms with Crippen LogP contribution in [0.15, 0.2) is 61.2 Å². The number of carbonyl (C=O) groups is 1. The van der Waals surface area contributed by atoms with Crippen LogP contribution in [0.3, 0.4) is 0 Å². The predicted molar refractivity (Wildman–Crippen MR) is 144 cm³/mol. The van der Waals surface area contributed by atoms with Gasteiger partial charge in [-0.25, -0.2) is 9.78 Å². The highest BCUT2D eigenvalue weighted by Crippen LogP contribution is 2.38. The molecule has 0 N–H and O–H groups in total. The maximum Gasteiger partial charge on any atom is 0.409 e. The van der Waals surface area contributed by atoms with Gasteiger partial charge in [0.25, 0.3) is 0 Å². The number of hydrogen-bond acceptors (Lipinski definition) is 7. The van der Waals surface area contributed by atoms with Crippen LogP contribution >= 0.6 is 23.2 Å². The summed E-state index contributed by atoms with van der Waals surface area (Å²) in [6.07, 6.45) is 4.72. The molecule has 0 aliphatic carbocycles. The van der Waals surface area contributed by atoms with E-state index in [0.29, 0.717) is 49.5 Å². The number of piperazine rings is 1. The molecule has 1 aromatic heterocycles. The van der Waals surface area contributed by atoms with E-state index in [1.165, 1.54) is 0 Å². The van der Waals surface area contributed by atoms with Crippen molar-refractivity contribution in [2.24, 2.45) is 0 Å². The first-order chi connectivity index (χ1) is 18.4. The minimum absolute atomic E-state index is 0.249. The van der Waals surface area contributed by atoms with E-state index < -0.39 is 5.79 Å². The van der Waals surface area contributed by atoms with Gasteiger partial charge in [0.2, 0.25) is 5.79 Å². The van der Waals surface area contributed by atoms with E-state index in [2.05, 4.69) is 9.88 Å². The average molecular weight is 561 g/mol. The highest BCUT2D eigenvalue weighted by atomic mass is 35.5. The van der Waals surface area contributed by atoms with Crippen LogP contribution in [-0.2, 0) is 26.5 Å². The van der Waals surface area contributed by atoms with E-state index in [1.54, 1.807) is 35.6 Å². The SMILES string of the molecule is CCOC(=O)N1CCN(c2ccc(OCC3CO[C@@](Cn4ccnc4)(c4cc(Cl)cc(Cl)c4)O3)cc2)CC1. The zero-order valence-electron chi connectivity index (χ0n) is 21.1. The summed E-state index contributed by atoms with van der Waals surface area (Å²) in [5.41, 5.74) is 1.82. The molecule has 0 saturated carbocycles. The lowest BCUT2D eigenvalue weighted by molar-refractivity contribution is -0.189. The summed E-state index contributed by atoms with van der Waals surface area (Å²) in [4.78, 5) is 20.0. The van der Waals surface area contributed by atoms with Crippen LogP contribution in [0.1, 0.15) is 12.5 Å². The van der Waals surface area contributed by atoms with E-state index in [9.17, 15) is 4.79 Å². The molecule has 1 amide bonds. The molecule has 11 heteroatoms. The smallest absolute Gasteiger partial charge is 0.409 e. The topological polar surface area (TPSA) is 78.3 Å². The number of imidazole rings is 1. The maximum absolute atomic E-state index is 11.9. The quantitative estimate of drug-likeness (QED) is 0.391. The number of benzene rings is 2. The molecule has 3 heterocycles. The van der Waals surface area contributed by atoms with Crippen LogP contribution in [0.5, 0.6) is 5.75 Å². The number of carbonyl (C=O) groups excluding carboxylic acids is 1. The van der Waals surface area contributed by atoms with Crippen LogP contribution < -0.4 is 9.64 Å². The third-order valence-electron chi connectivity index (χ3n) is 6.56. The van der Waals surface area contributed by atoms with Gasteiger partial charge in [0.15, 0.2) is 0 Å². The second-order valence-electron chi connectivity index (χ2n) is 9.17. The molecule has 0 spiro atoms. The highest BCUT2D eigenvalue weighted by molar-refractivity contribution is 6.34. The minimum atomic E-state index is -1.07. The number of ether oxygens (including phenoxy) is 4. The Morgan fingerprint density at radius 2 is 1.84 bits per heavy atom. The zero-order chi connectivity index (χ0) is 26.5. The molecule has 0 bridgehead atoms. The Bertz CT molecular complexity index is 1200. The fourth-order valence-corrected chi connectivity index (χ4v) is 5.20. The van der Waals surface area contributed by atoms with Gasteiger partial charge in [-0.15, -0.1) is 0 Å². The lowest BCUT2D eigenvalue weighted by Gasteiger charge is -2.35. The summed E-state index contributed by atoms with van der Waals surface area (Å²) in [6, 6.07) is 13.2. The molecule has 2 aliphatic rings. The number of nitrogens with zero attached hydrogens (tertiary/aromatic N) is 4. The molecule has 9 nitrogen and oxygen atoms in total. The summed E-state index contributed by atoms with van der Waals surface area (Å²) in [7, 11) is 0. The second kappa shape index (κ2) is 11.8. The van der Waals surface area contributed by atoms with Crippen LogP contribution in [0, 0.1) is 0 Å². The normalized spacial score (nSPS) is 21.5. The predicted octanol–water partition coefficient (Wildman–Crippen LogP) is 4.82. The fraction of sp³-hybridized carbons (Fsp3) is 0.407. The lowest BCUT2D eigenvalue weighted by Crippen LogP contribution is -2.48. The van der Waals surface area contributed by atoms with Crippen molar-refractivity contribution in [3.8, 4) is 5.75 Å². The summed E-state index contributed by atoms with van der Waals surface area (Å²) in [6.45, 7) is 6.02. The number of anilines is 1. The van der Waals surface area contributed by atoms with E-state index in [4.69, 9.17) is 42.1 Å². The van der Waals surface area contributed by atoms with Crippen molar-refractivity contribution in [1.29, 1.82) is 0 Å². The van der Waals surface area contributed by atoms with Crippen molar-refractivity contribution in [2.45, 2.75) is 25.4 Å². The summed E-state index contributed by atoms with van der Waals surface area (Å²) in [5.74, 6) is -0.334. The summed E-state index contributed by atoms with van der Waals surface area (Å²) >= 11 is 12.6. The van der Waals surface area contributed by atoms with E-state index in [1.807, 2.05) is 42.0 Å². The van der Waals surface area contributed by atoms with Gasteiger partial charge in [-0.1, -0.05) is 23.2 Å². The molecule has 2 atom stereocenters. The molecule has 2 saturated heterocycles. The second-order valence-corrected chi connectivity index (χ2v) is 10.0. The molecule has 5 rings (SSSR count). The molecule has 0 radical (unpaired) electrons. The van der Waals surface area contributed by atoms with Gasteiger partial charge < -0.3 is 33.3 Å². The van der Waals surface area contributed by atoms with E-state index in [-0.39, 0.29) is 12.2 Å². The van der Waals surface area contributed by atoms with Crippen LogP contribution in [0.25, 0.3) is 0 Å². The molecule has 2 aromatic carbocycles. The number of aromatic nitrogens is 2. The third kappa shape index (κ3) is 6.18. The van der Waals surface area contributed by atoms with Crippen molar-refractivity contribution in [2.75, 3.05) is 50.9 Å². The lowest BCUT2D eigenvalue weighted by atomic mass is 10.1. The standard InChI is InChI=1S/C27H30Cl2N4O5/c1-2-35-26(34)33-11-9-32(10-12-33)23-3-5-24(6-4-23)36-16-25-17-37-27(38-25,18-31-8-7-30-19-31)20-13-21(28)15-22(29)14-20/h3-8,13-15,19,25H,2,9-12,16-18H2,1H3/t25?,27-/m1/s1. The van der Waals surface area contributed by atoms with E-state index in [0.717, 1.165) is 30.1 Å². The van der Waals surface area contributed by atoms with Gasteiger partial charge in [0, 0.05) is 59.9 Å². The molecule has 202 valence electrons. The zero-order valence-corrected chi connectivity index (χ0v) is 22.6. The fourth-order valence-electron chi connectivity index (χ4n) is 4.67. The van der Waals surface area contributed by atoms with E-state index >= 15 is 0 Å². The Kier molecular flexibility index (Phi) is 8.28. The van der Waals surface area contributed by atoms with Gasteiger partial charge in [0.1, 0.15) is 18.5 Å². The van der Waals surface area contributed by atoms with Gasteiger partial charge in [-0.2, -0.15) is 0 Å². The molecule has 1 unspecified atom stereocenters. The Morgan fingerprint density at radius 3 is 2.50 bits per heavy atom. The molecular weight excluding hydrogens is 531 g/mol. The monoisotopic (exact) mass is 560 g/mol. The number of amides is 1. The largest absolute Gasteiger partial charge is 0.491 e. The number of halogens is 2. The summed E-state index contributed by atoms with van der Waals surface area (Å²) in [5, 5.41) is 1.01. The van der Waals surface area contributed by atoms with Crippen molar-refractivity contribution in [1.82, 2.24) is 14.5 Å². The van der Waals surface area contributed by atoms with Crippen molar-refractivity contribution < 1.29 is 23.7 Å². The Hall–Kier alpha value is -2.98. The number of rotatable bonds is 8. The summed E-state index contributed by atoms with van der Waals surface area (Å²) < 4.78 is 25.7. The van der Waals surface area contributed by atoms with Gasteiger partial charge >= 0.3 is 6.09 Å². The molecule has 38 heavy (non-hydrogen) atoms. The van der Waals surface area contributed by atoms with Gasteiger partial charge in [-0.3, -0.25) is 0 Å². The molecule has 2 fully saturated rings. The molecule has 2 aliphatic heterocycles. The Labute approximate surface area is 231 Å². The molecule has 3 aromatic rings. The maximum atomic E-state index is 11.9. The first kappa shape index (κ1) is 26.6. The van der Waals surface area contributed by atoms with Crippen LogP contribution in [0.4, 0.5) is 10.5 Å². The van der Waals surface area contributed by atoms with Gasteiger partial charge in [-0.05, 0) is 49.4 Å². The van der Waals surface area contributed by atoms with Crippen LogP contribution in [-0.4, -0.2) is 72.6 Å². The highest BCUT2D eigenvalue weighted by Gasteiger charge is 2.44. The van der Waals surface area contributed by atoms with Gasteiger partial charge in [0.05, 0.1) is 26.1 Å². The van der Waals surface area contributed by atoms with Crippen molar-refractivity contribution in [3.05, 3.63) is 76.8 Å². The van der Waals surface area contributed by atoms with Crippen molar-refractivity contribution in [3.63, 3.8) is 0 Å². The van der Waals surface area contributed by atoms with Crippen LogP contribution in [0.2, 0.25) is 10.0 Å². The third-order valence-corrected chi connectivity index (χ3v) is 6.99. The molecular formula is C27H30Cl2N4O5. The van der Waals surface area contributed by atoms with Crippen molar-refractivity contribution >= 4 is 35.0 Å². The minimum Gasteiger partial charge on any atom is -0.491 e. The Balaban J connectivity index is 1.19. The Morgan fingerprint density at radius 1 is 1.11 bits per heavy atom.